The van der Waals surface area contributed by atoms with E-state index in [1.807, 2.05) is 12.1 Å². The van der Waals surface area contributed by atoms with Gasteiger partial charge in [-0.2, -0.15) is 0 Å². The van der Waals surface area contributed by atoms with Gasteiger partial charge >= 0.3 is 0 Å². The van der Waals surface area contributed by atoms with Crippen molar-refractivity contribution in [2.75, 3.05) is 13.1 Å². The lowest BCUT2D eigenvalue weighted by atomic mass is 10.1. The van der Waals surface area contributed by atoms with Gasteiger partial charge in [-0.1, -0.05) is 23.7 Å². The van der Waals surface area contributed by atoms with Crippen LogP contribution in [-0.2, 0) is 13.0 Å². The molecule has 0 bridgehead atoms. The van der Waals surface area contributed by atoms with Crippen LogP contribution in [0.1, 0.15) is 12.0 Å². The third kappa shape index (κ3) is 4.01. The molecule has 0 aliphatic heterocycles. The van der Waals surface area contributed by atoms with Crippen molar-refractivity contribution >= 4 is 47.3 Å². The molecule has 0 unspecified atom stereocenters. The van der Waals surface area contributed by atoms with Crippen molar-refractivity contribution < 1.29 is 0 Å². The molecule has 1 aromatic carbocycles. The fourth-order valence-electron chi connectivity index (χ4n) is 2.20. The molecule has 2 rings (SSSR count). The molecular formula is C13H20Cl3N3. The van der Waals surface area contributed by atoms with Crippen molar-refractivity contribution in [3.05, 3.63) is 35.0 Å². The number of para-hydroxylation sites is 1. The molecule has 0 saturated carbocycles. The Balaban J connectivity index is 0.00000162. The minimum Gasteiger partial charge on any atom is -0.345 e. The van der Waals surface area contributed by atoms with E-state index in [1.165, 1.54) is 10.9 Å². The molecule has 0 radical (unpaired) electrons. The molecule has 0 saturated heterocycles. The molecule has 6 heteroatoms. The standard InChI is InChI=1S/C13H18ClN3.2ClH/c14-12-5-1-4-11-10(3-2-6-15)9-17(8-7-16)13(11)12;;/h1,4-5,9H,2-3,6-8,15-16H2;2*1H. The molecule has 0 spiro atoms. The largest absolute Gasteiger partial charge is 0.345 e. The Bertz CT molecular complexity index is 511. The fourth-order valence-corrected chi connectivity index (χ4v) is 2.48. The highest BCUT2D eigenvalue weighted by Gasteiger charge is 2.10. The summed E-state index contributed by atoms with van der Waals surface area (Å²) < 4.78 is 2.14. The third-order valence-electron chi connectivity index (χ3n) is 2.95. The van der Waals surface area contributed by atoms with Crippen LogP contribution in [0.15, 0.2) is 24.4 Å². The molecule has 0 aliphatic rings. The number of hydrogen-bond acceptors (Lipinski definition) is 2. The number of benzene rings is 1. The molecule has 1 aromatic heterocycles. The number of fused-ring (bicyclic) bond motifs is 1. The first kappa shape index (κ1) is 18.6. The molecule has 4 N–H and O–H groups in total. The number of rotatable bonds is 5. The van der Waals surface area contributed by atoms with Crippen molar-refractivity contribution in [1.82, 2.24) is 4.57 Å². The molecule has 19 heavy (non-hydrogen) atoms. The van der Waals surface area contributed by atoms with Gasteiger partial charge < -0.3 is 16.0 Å². The Hall–Kier alpha value is -0.450. The van der Waals surface area contributed by atoms with Gasteiger partial charge in [0.25, 0.3) is 0 Å². The van der Waals surface area contributed by atoms with Crippen LogP contribution in [0.25, 0.3) is 10.9 Å². The van der Waals surface area contributed by atoms with Crippen molar-refractivity contribution in [2.24, 2.45) is 11.5 Å². The average Bonchev–Trinajstić information content (AvgIpc) is 2.67. The van der Waals surface area contributed by atoms with Gasteiger partial charge in [-0.25, -0.2) is 0 Å². The van der Waals surface area contributed by atoms with Gasteiger partial charge in [0.1, 0.15) is 0 Å². The summed E-state index contributed by atoms with van der Waals surface area (Å²) in [5, 5.41) is 2.01. The highest BCUT2D eigenvalue weighted by atomic mass is 35.5. The van der Waals surface area contributed by atoms with Gasteiger partial charge in [0.05, 0.1) is 10.5 Å². The number of halogens is 3. The van der Waals surface area contributed by atoms with Crippen LogP contribution in [-0.4, -0.2) is 17.7 Å². The van der Waals surface area contributed by atoms with E-state index >= 15 is 0 Å². The van der Waals surface area contributed by atoms with Crippen molar-refractivity contribution in [2.45, 2.75) is 19.4 Å². The van der Waals surface area contributed by atoms with Crippen LogP contribution in [0.2, 0.25) is 5.02 Å². The minimum atomic E-state index is 0. The van der Waals surface area contributed by atoms with Gasteiger partial charge in [0.2, 0.25) is 0 Å². The van der Waals surface area contributed by atoms with E-state index in [0.29, 0.717) is 13.1 Å². The topological polar surface area (TPSA) is 57.0 Å². The molecule has 0 amide bonds. The maximum atomic E-state index is 6.26. The quantitative estimate of drug-likeness (QED) is 0.888. The second-order valence-corrected chi connectivity index (χ2v) is 4.57. The monoisotopic (exact) mass is 323 g/mol. The first-order valence-corrected chi connectivity index (χ1v) is 6.32. The lowest BCUT2D eigenvalue weighted by Crippen LogP contribution is -2.08. The molecule has 0 atom stereocenters. The van der Waals surface area contributed by atoms with E-state index in [0.717, 1.165) is 29.9 Å². The lowest BCUT2D eigenvalue weighted by molar-refractivity contribution is 0.729. The number of nitrogens with two attached hydrogens (primary N) is 2. The summed E-state index contributed by atoms with van der Waals surface area (Å²) in [5.41, 5.74) is 13.6. The zero-order chi connectivity index (χ0) is 12.3. The maximum absolute atomic E-state index is 6.26. The van der Waals surface area contributed by atoms with E-state index in [2.05, 4.69) is 16.8 Å². The Morgan fingerprint density at radius 1 is 1.11 bits per heavy atom. The summed E-state index contributed by atoms with van der Waals surface area (Å²) in [7, 11) is 0. The van der Waals surface area contributed by atoms with E-state index in [9.17, 15) is 0 Å². The van der Waals surface area contributed by atoms with Crippen molar-refractivity contribution in [1.29, 1.82) is 0 Å². The van der Waals surface area contributed by atoms with Crippen LogP contribution in [0.3, 0.4) is 0 Å². The molecule has 0 fully saturated rings. The Labute approximate surface area is 131 Å². The van der Waals surface area contributed by atoms with E-state index in [4.69, 9.17) is 23.1 Å². The maximum Gasteiger partial charge on any atom is 0.0672 e. The van der Waals surface area contributed by atoms with Gasteiger partial charge in [-0.15, -0.1) is 24.8 Å². The summed E-state index contributed by atoms with van der Waals surface area (Å²) in [6.45, 7) is 2.12. The SMILES string of the molecule is Cl.Cl.NCCCc1cn(CCN)c2c(Cl)cccc12. The van der Waals surface area contributed by atoms with Crippen LogP contribution < -0.4 is 11.5 Å². The first-order chi connectivity index (χ1) is 8.27. The number of hydrogen-bond donors (Lipinski definition) is 2. The number of nitrogens with zero attached hydrogens (tertiary/aromatic N) is 1. The number of aromatic nitrogens is 1. The highest BCUT2D eigenvalue weighted by Crippen LogP contribution is 2.28. The van der Waals surface area contributed by atoms with E-state index < -0.39 is 0 Å². The zero-order valence-corrected chi connectivity index (χ0v) is 13.0. The number of aryl methyl sites for hydroxylation is 1. The molecule has 2 aromatic rings. The first-order valence-electron chi connectivity index (χ1n) is 5.94. The van der Waals surface area contributed by atoms with E-state index in [1.54, 1.807) is 0 Å². The fraction of sp³-hybridized carbons (Fsp3) is 0.385. The van der Waals surface area contributed by atoms with Gasteiger partial charge in [-0.05, 0) is 31.0 Å². The van der Waals surface area contributed by atoms with Crippen LogP contribution >= 0.6 is 36.4 Å². The smallest absolute Gasteiger partial charge is 0.0672 e. The molecule has 0 aliphatic carbocycles. The summed E-state index contributed by atoms with van der Waals surface area (Å²) in [6.07, 6.45) is 4.14. The summed E-state index contributed by atoms with van der Waals surface area (Å²) in [6, 6.07) is 6.02. The predicted octanol–water partition coefficient (Wildman–Crippen LogP) is 2.99. The molecule has 1 heterocycles. The van der Waals surface area contributed by atoms with Crippen molar-refractivity contribution in [3.63, 3.8) is 0 Å². The van der Waals surface area contributed by atoms with Crippen LogP contribution in [0, 0.1) is 0 Å². The third-order valence-corrected chi connectivity index (χ3v) is 3.26. The second kappa shape index (κ2) is 8.67. The Morgan fingerprint density at radius 2 is 1.84 bits per heavy atom. The molecule has 108 valence electrons. The zero-order valence-electron chi connectivity index (χ0n) is 10.6. The molecule has 3 nitrogen and oxygen atoms in total. The van der Waals surface area contributed by atoms with Crippen molar-refractivity contribution in [3.8, 4) is 0 Å². The molecular weight excluding hydrogens is 305 g/mol. The van der Waals surface area contributed by atoms with E-state index in [-0.39, 0.29) is 24.8 Å². The second-order valence-electron chi connectivity index (χ2n) is 4.16. The van der Waals surface area contributed by atoms with Gasteiger partial charge in [0, 0.05) is 24.7 Å². The normalized spacial score (nSPS) is 10.1. The predicted molar refractivity (Wildman–Crippen MR) is 87.9 cm³/mol. The highest BCUT2D eigenvalue weighted by molar-refractivity contribution is 6.35. The van der Waals surface area contributed by atoms with Crippen LogP contribution in [0.5, 0.6) is 0 Å². The van der Waals surface area contributed by atoms with Crippen LogP contribution in [0.4, 0.5) is 0 Å². The van der Waals surface area contributed by atoms with Gasteiger partial charge in [0.15, 0.2) is 0 Å². The summed E-state index contributed by atoms with van der Waals surface area (Å²) >= 11 is 6.26. The average molecular weight is 325 g/mol. The Morgan fingerprint density at radius 3 is 2.47 bits per heavy atom. The Kier molecular flexibility index (Phi) is 8.46. The summed E-state index contributed by atoms with van der Waals surface area (Å²) in [4.78, 5) is 0. The van der Waals surface area contributed by atoms with Gasteiger partial charge in [-0.3, -0.25) is 0 Å². The minimum absolute atomic E-state index is 0. The summed E-state index contributed by atoms with van der Waals surface area (Å²) in [5.74, 6) is 0. The lowest BCUT2D eigenvalue weighted by Gasteiger charge is -2.03.